The van der Waals surface area contributed by atoms with E-state index < -0.39 is 0 Å². The van der Waals surface area contributed by atoms with Crippen LogP contribution in [0.25, 0.3) is 11.4 Å². The zero-order chi connectivity index (χ0) is 13.0. The zero-order valence-electron chi connectivity index (χ0n) is 10.6. The number of halogens is 1. The topological polar surface area (TPSA) is 37.8 Å². The summed E-state index contributed by atoms with van der Waals surface area (Å²) >= 11 is 2.24. The van der Waals surface area contributed by atoms with Crippen LogP contribution in [-0.2, 0) is 6.42 Å². The Kier molecular flexibility index (Phi) is 4.52. The molecule has 0 saturated carbocycles. The van der Waals surface area contributed by atoms with Gasteiger partial charge >= 0.3 is 0 Å². The van der Waals surface area contributed by atoms with Gasteiger partial charge in [0.05, 0.1) is 3.57 Å². The smallest absolute Gasteiger partial charge is 0.161 e. The molecule has 1 N–H and O–H groups in total. The maximum Gasteiger partial charge on any atom is 0.161 e. The molecule has 4 heteroatoms. The third-order valence-electron chi connectivity index (χ3n) is 2.71. The number of hydrogen-bond donors (Lipinski definition) is 1. The Hall–Kier alpha value is -1.17. The third-order valence-corrected chi connectivity index (χ3v) is 3.50. The van der Waals surface area contributed by atoms with Crippen LogP contribution in [0, 0.1) is 3.57 Å². The number of benzene rings is 1. The van der Waals surface area contributed by atoms with Gasteiger partial charge in [-0.1, -0.05) is 31.2 Å². The molecule has 0 aliphatic heterocycles. The van der Waals surface area contributed by atoms with Crippen LogP contribution in [0.3, 0.4) is 0 Å². The highest BCUT2D eigenvalue weighted by Gasteiger charge is 2.06. The Balaban J connectivity index is 2.34. The molecule has 0 aliphatic carbocycles. The van der Waals surface area contributed by atoms with Gasteiger partial charge in [-0.3, -0.25) is 0 Å². The van der Waals surface area contributed by atoms with E-state index in [4.69, 9.17) is 0 Å². The first-order chi connectivity index (χ1) is 8.74. The van der Waals surface area contributed by atoms with E-state index in [0.29, 0.717) is 0 Å². The fourth-order valence-electron chi connectivity index (χ4n) is 1.69. The van der Waals surface area contributed by atoms with Crippen molar-refractivity contribution in [1.82, 2.24) is 9.97 Å². The van der Waals surface area contributed by atoms with Gasteiger partial charge in [-0.05, 0) is 41.5 Å². The minimum absolute atomic E-state index is 0.772. The molecule has 2 aromatic rings. The van der Waals surface area contributed by atoms with Crippen LogP contribution in [0.4, 0.5) is 5.82 Å². The number of hydrogen-bond acceptors (Lipinski definition) is 3. The van der Waals surface area contributed by atoms with E-state index in [1.165, 1.54) is 5.56 Å². The lowest BCUT2D eigenvalue weighted by atomic mass is 10.1. The Morgan fingerprint density at radius 2 is 1.89 bits per heavy atom. The van der Waals surface area contributed by atoms with Gasteiger partial charge in [0.25, 0.3) is 0 Å². The molecule has 18 heavy (non-hydrogen) atoms. The first kappa shape index (κ1) is 13.3. The molecule has 0 fully saturated rings. The second kappa shape index (κ2) is 6.13. The lowest BCUT2D eigenvalue weighted by Crippen LogP contribution is -2.03. The van der Waals surface area contributed by atoms with Crippen molar-refractivity contribution >= 4 is 28.4 Å². The van der Waals surface area contributed by atoms with E-state index in [0.717, 1.165) is 33.7 Å². The van der Waals surface area contributed by atoms with Gasteiger partial charge in [0.2, 0.25) is 0 Å². The Morgan fingerprint density at radius 3 is 2.50 bits per heavy atom. The van der Waals surface area contributed by atoms with Crippen molar-refractivity contribution in [1.29, 1.82) is 0 Å². The van der Waals surface area contributed by atoms with Crippen LogP contribution in [0.5, 0.6) is 0 Å². The molecule has 0 aliphatic rings. The Labute approximate surface area is 121 Å². The number of anilines is 1. The summed E-state index contributed by atoms with van der Waals surface area (Å²) in [7, 11) is 0. The molecule has 0 unspecified atom stereocenters. The first-order valence-electron chi connectivity index (χ1n) is 6.10. The van der Waals surface area contributed by atoms with Crippen molar-refractivity contribution < 1.29 is 0 Å². The molecule has 94 valence electrons. The van der Waals surface area contributed by atoms with Crippen molar-refractivity contribution in [3.63, 3.8) is 0 Å². The number of nitrogens with zero attached hydrogens (tertiary/aromatic N) is 2. The Bertz CT molecular complexity index is 523. The standard InChI is InChI=1S/C14H16IN3/c1-3-10-5-7-11(8-6-10)13-17-9-12(15)14(18-13)16-4-2/h5-9H,3-4H2,1-2H3,(H,16,17,18). The monoisotopic (exact) mass is 353 g/mol. The molecule has 0 radical (unpaired) electrons. The molecule has 0 saturated heterocycles. The van der Waals surface area contributed by atoms with Crippen LogP contribution >= 0.6 is 22.6 Å². The molecule has 1 heterocycles. The fraction of sp³-hybridized carbons (Fsp3) is 0.286. The van der Waals surface area contributed by atoms with Gasteiger partial charge < -0.3 is 5.32 Å². The molecule has 1 aromatic heterocycles. The van der Waals surface area contributed by atoms with Crippen LogP contribution in [-0.4, -0.2) is 16.5 Å². The van der Waals surface area contributed by atoms with E-state index in [1.807, 2.05) is 6.20 Å². The lowest BCUT2D eigenvalue weighted by Gasteiger charge is -2.07. The van der Waals surface area contributed by atoms with Crippen molar-refractivity contribution in [3.05, 3.63) is 39.6 Å². The summed E-state index contributed by atoms with van der Waals surface area (Å²) in [5.41, 5.74) is 2.39. The van der Waals surface area contributed by atoms with E-state index in [1.54, 1.807) is 0 Å². The summed E-state index contributed by atoms with van der Waals surface area (Å²) in [6.45, 7) is 5.08. The second-order valence-electron chi connectivity index (χ2n) is 3.97. The maximum atomic E-state index is 4.56. The highest BCUT2D eigenvalue weighted by molar-refractivity contribution is 14.1. The van der Waals surface area contributed by atoms with E-state index in [2.05, 4.69) is 76.0 Å². The summed E-state index contributed by atoms with van der Waals surface area (Å²) in [5.74, 6) is 1.68. The molecule has 0 bridgehead atoms. The first-order valence-corrected chi connectivity index (χ1v) is 7.18. The average Bonchev–Trinajstić information content (AvgIpc) is 2.42. The highest BCUT2D eigenvalue weighted by Crippen LogP contribution is 2.20. The largest absolute Gasteiger partial charge is 0.369 e. The van der Waals surface area contributed by atoms with Crippen LogP contribution < -0.4 is 5.32 Å². The SMILES string of the molecule is CCNc1nc(-c2ccc(CC)cc2)ncc1I. The van der Waals surface area contributed by atoms with Gasteiger partial charge in [0, 0.05) is 18.3 Å². The minimum Gasteiger partial charge on any atom is -0.369 e. The summed E-state index contributed by atoms with van der Waals surface area (Å²) in [6, 6.07) is 8.42. The zero-order valence-corrected chi connectivity index (χ0v) is 12.7. The summed E-state index contributed by atoms with van der Waals surface area (Å²) < 4.78 is 1.04. The molecule has 1 aromatic carbocycles. The minimum atomic E-state index is 0.772. The highest BCUT2D eigenvalue weighted by atomic mass is 127. The lowest BCUT2D eigenvalue weighted by molar-refractivity contribution is 1.10. The molecule has 2 rings (SSSR count). The van der Waals surface area contributed by atoms with Gasteiger partial charge in [-0.2, -0.15) is 0 Å². The predicted octanol–water partition coefficient (Wildman–Crippen LogP) is 3.74. The van der Waals surface area contributed by atoms with Crippen LogP contribution in [0.2, 0.25) is 0 Å². The fourth-order valence-corrected chi connectivity index (χ4v) is 2.14. The number of nitrogens with one attached hydrogen (secondary N) is 1. The number of aromatic nitrogens is 2. The molecule has 3 nitrogen and oxygen atoms in total. The van der Waals surface area contributed by atoms with E-state index in [9.17, 15) is 0 Å². The Morgan fingerprint density at radius 1 is 1.17 bits per heavy atom. The van der Waals surface area contributed by atoms with Gasteiger partial charge in [0.1, 0.15) is 5.82 Å². The molecule has 0 atom stereocenters. The number of rotatable bonds is 4. The second-order valence-corrected chi connectivity index (χ2v) is 5.13. The molecular weight excluding hydrogens is 337 g/mol. The molecule has 0 amide bonds. The molecular formula is C14H16IN3. The predicted molar refractivity (Wildman–Crippen MR) is 83.7 cm³/mol. The summed E-state index contributed by atoms with van der Waals surface area (Å²) in [4.78, 5) is 8.95. The number of aryl methyl sites for hydroxylation is 1. The van der Waals surface area contributed by atoms with Crippen LogP contribution in [0.15, 0.2) is 30.5 Å². The third kappa shape index (κ3) is 2.98. The van der Waals surface area contributed by atoms with Crippen molar-refractivity contribution in [2.24, 2.45) is 0 Å². The van der Waals surface area contributed by atoms with Gasteiger partial charge in [0.15, 0.2) is 5.82 Å². The van der Waals surface area contributed by atoms with Crippen molar-refractivity contribution in [2.45, 2.75) is 20.3 Å². The molecule has 0 spiro atoms. The maximum absolute atomic E-state index is 4.56. The van der Waals surface area contributed by atoms with E-state index in [-0.39, 0.29) is 0 Å². The van der Waals surface area contributed by atoms with E-state index >= 15 is 0 Å². The van der Waals surface area contributed by atoms with Crippen molar-refractivity contribution in [3.8, 4) is 11.4 Å². The summed E-state index contributed by atoms with van der Waals surface area (Å²) in [6.07, 6.45) is 2.91. The van der Waals surface area contributed by atoms with Gasteiger partial charge in [-0.15, -0.1) is 0 Å². The van der Waals surface area contributed by atoms with Gasteiger partial charge in [-0.25, -0.2) is 9.97 Å². The van der Waals surface area contributed by atoms with Crippen LogP contribution in [0.1, 0.15) is 19.4 Å². The summed E-state index contributed by atoms with van der Waals surface area (Å²) in [5, 5.41) is 3.25. The average molecular weight is 353 g/mol. The van der Waals surface area contributed by atoms with Crippen molar-refractivity contribution in [2.75, 3.05) is 11.9 Å². The normalized spacial score (nSPS) is 10.4. The quantitative estimate of drug-likeness (QED) is 0.851.